The molecule has 16 heteroatoms. The van der Waals surface area contributed by atoms with Gasteiger partial charge in [0.25, 0.3) is 0 Å². The molecule has 6 nitrogen and oxygen atoms in total. The summed E-state index contributed by atoms with van der Waals surface area (Å²) in [5, 5.41) is 0. The molecule has 0 aromatic carbocycles. The van der Waals surface area contributed by atoms with Gasteiger partial charge in [0.2, 0.25) is 0 Å². The Morgan fingerprint density at radius 3 is 1.48 bits per heavy atom. The van der Waals surface area contributed by atoms with Crippen molar-refractivity contribution < 1.29 is 72.4 Å². The van der Waals surface area contributed by atoms with E-state index in [1.54, 1.807) is 0 Å². The van der Waals surface area contributed by atoms with Crippen molar-refractivity contribution in [1.29, 1.82) is 0 Å². The summed E-state index contributed by atoms with van der Waals surface area (Å²) in [7, 11) is 0. The summed E-state index contributed by atoms with van der Waals surface area (Å²) in [5.74, 6) is -17.6. The van der Waals surface area contributed by atoms with Gasteiger partial charge in [0.1, 0.15) is 0 Å². The average molecular weight is 512 g/mol. The lowest BCUT2D eigenvalue weighted by Gasteiger charge is -2.34. The Bertz CT molecular complexity index is 671. The molecule has 2 atom stereocenters. The quantitative estimate of drug-likeness (QED) is 0.181. The zero-order chi connectivity index (χ0) is 26.5. The molecule has 0 saturated heterocycles. The van der Waals surface area contributed by atoms with Crippen LogP contribution in [-0.4, -0.2) is 55.5 Å². The molecule has 0 aliphatic carbocycles. The first-order valence-electron chi connectivity index (χ1n) is 9.27. The first kappa shape index (κ1) is 31.2. The second kappa shape index (κ2) is 11.1. The third-order valence-electron chi connectivity index (χ3n) is 4.15. The minimum absolute atomic E-state index is 0.00447. The SMILES string of the molecule is CCC(C)C(=O)OCC(F)(F)OC(F)(F)OC(F)(F)C(F)(F)C(F)(F)COC(=O)C(C)CC. The number of hydrogen-bond donors (Lipinski definition) is 0. The average Bonchev–Trinajstić information content (AvgIpc) is 2.66. The Morgan fingerprint density at radius 2 is 1.09 bits per heavy atom. The van der Waals surface area contributed by atoms with Crippen molar-refractivity contribution in [2.75, 3.05) is 13.2 Å². The van der Waals surface area contributed by atoms with Crippen LogP contribution < -0.4 is 0 Å². The van der Waals surface area contributed by atoms with Crippen molar-refractivity contribution in [3.63, 3.8) is 0 Å². The molecule has 0 amide bonds. The molecule has 0 aliphatic rings. The highest BCUT2D eigenvalue weighted by Gasteiger charge is 2.76. The molecular weight excluding hydrogens is 490 g/mol. The molecule has 0 spiro atoms. The van der Waals surface area contributed by atoms with Gasteiger partial charge in [-0.15, -0.1) is 8.78 Å². The second-order valence-electron chi connectivity index (χ2n) is 6.93. The minimum atomic E-state index is -6.80. The molecule has 0 N–H and O–H groups in total. The predicted octanol–water partition coefficient (Wildman–Crippen LogP) is 5.20. The van der Waals surface area contributed by atoms with Gasteiger partial charge in [0.15, 0.2) is 13.2 Å². The van der Waals surface area contributed by atoms with Crippen molar-refractivity contribution in [3.05, 3.63) is 0 Å². The minimum Gasteiger partial charge on any atom is -0.459 e. The number of carbonyl (C=O) groups is 2. The Labute approximate surface area is 181 Å². The van der Waals surface area contributed by atoms with Crippen LogP contribution in [0.5, 0.6) is 0 Å². The van der Waals surface area contributed by atoms with Crippen LogP contribution in [0.25, 0.3) is 0 Å². The molecule has 0 radical (unpaired) electrons. The topological polar surface area (TPSA) is 71.1 Å². The zero-order valence-corrected chi connectivity index (χ0v) is 17.7. The second-order valence-corrected chi connectivity index (χ2v) is 6.93. The fourth-order valence-electron chi connectivity index (χ4n) is 1.68. The van der Waals surface area contributed by atoms with E-state index in [1.807, 2.05) is 0 Å². The normalized spacial score (nSPS) is 15.7. The number of esters is 2. The fourth-order valence-corrected chi connectivity index (χ4v) is 1.68. The number of alkyl halides is 10. The van der Waals surface area contributed by atoms with Crippen molar-refractivity contribution in [2.24, 2.45) is 11.8 Å². The Morgan fingerprint density at radius 1 is 0.697 bits per heavy atom. The van der Waals surface area contributed by atoms with E-state index >= 15 is 0 Å². The maximum atomic E-state index is 13.6. The number of halogens is 10. The van der Waals surface area contributed by atoms with Gasteiger partial charge in [-0.3, -0.25) is 9.59 Å². The molecule has 0 aromatic rings. The maximum absolute atomic E-state index is 13.6. The van der Waals surface area contributed by atoms with E-state index in [0.29, 0.717) is 0 Å². The van der Waals surface area contributed by atoms with E-state index < -0.39 is 67.3 Å². The summed E-state index contributed by atoms with van der Waals surface area (Å²) in [6, 6.07) is 0. The van der Waals surface area contributed by atoms with E-state index in [0.717, 1.165) is 6.92 Å². The largest absolute Gasteiger partial charge is 0.495 e. The van der Waals surface area contributed by atoms with Crippen molar-refractivity contribution in [2.45, 2.75) is 70.9 Å². The summed E-state index contributed by atoms with van der Waals surface area (Å²) >= 11 is 0. The highest BCUT2D eigenvalue weighted by molar-refractivity contribution is 5.72. The lowest BCUT2D eigenvalue weighted by Crippen LogP contribution is -2.60. The number of hydrogen-bond acceptors (Lipinski definition) is 6. The molecule has 0 saturated carbocycles. The predicted molar refractivity (Wildman–Crippen MR) is 87.7 cm³/mol. The molecular formula is C17H22F10O6. The molecule has 0 rings (SSSR count). The van der Waals surface area contributed by atoms with Crippen LogP contribution in [0.4, 0.5) is 43.9 Å². The summed E-state index contributed by atoms with van der Waals surface area (Å²) in [6.45, 7) is 0.252. The highest BCUT2D eigenvalue weighted by Crippen LogP contribution is 2.49. The molecule has 0 fully saturated rings. The molecule has 33 heavy (non-hydrogen) atoms. The Kier molecular flexibility index (Phi) is 10.4. The van der Waals surface area contributed by atoms with E-state index in [9.17, 15) is 53.5 Å². The molecule has 196 valence electrons. The number of rotatable bonds is 14. The van der Waals surface area contributed by atoms with Crippen LogP contribution in [0.15, 0.2) is 0 Å². The number of carbonyl (C=O) groups excluding carboxylic acids is 2. The van der Waals surface area contributed by atoms with Crippen molar-refractivity contribution in [1.82, 2.24) is 0 Å². The van der Waals surface area contributed by atoms with Gasteiger partial charge in [-0.05, 0) is 12.8 Å². The Hall–Kier alpha value is -1.84. The van der Waals surface area contributed by atoms with Gasteiger partial charge in [-0.1, -0.05) is 27.7 Å². The summed E-state index contributed by atoms with van der Waals surface area (Å²) < 4.78 is 147. The van der Waals surface area contributed by atoms with E-state index in [2.05, 4.69) is 18.9 Å². The Balaban J connectivity index is 5.34. The molecule has 0 aromatic heterocycles. The fraction of sp³-hybridized carbons (Fsp3) is 0.882. The van der Waals surface area contributed by atoms with Crippen LogP contribution in [-0.2, 0) is 28.5 Å². The van der Waals surface area contributed by atoms with E-state index in [4.69, 9.17) is 0 Å². The van der Waals surface area contributed by atoms with Gasteiger partial charge >= 0.3 is 42.3 Å². The summed E-state index contributed by atoms with van der Waals surface area (Å²) in [5.41, 5.74) is 0. The van der Waals surface area contributed by atoms with Gasteiger partial charge < -0.3 is 9.47 Å². The maximum Gasteiger partial charge on any atom is 0.495 e. The first-order valence-corrected chi connectivity index (χ1v) is 9.27. The van der Waals surface area contributed by atoms with Crippen molar-refractivity contribution in [3.8, 4) is 0 Å². The van der Waals surface area contributed by atoms with Gasteiger partial charge in [-0.25, -0.2) is 9.47 Å². The summed E-state index contributed by atoms with van der Waals surface area (Å²) in [6.07, 6.45) is -18.2. The van der Waals surface area contributed by atoms with Crippen molar-refractivity contribution >= 4 is 11.9 Å². The lowest BCUT2D eigenvalue weighted by atomic mass is 10.1. The lowest BCUT2D eigenvalue weighted by molar-refractivity contribution is -0.543. The third-order valence-corrected chi connectivity index (χ3v) is 4.15. The molecule has 0 aliphatic heterocycles. The van der Waals surface area contributed by atoms with Gasteiger partial charge in [0.05, 0.1) is 11.8 Å². The van der Waals surface area contributed by atoms with E-state index in [-0.39, 0.29) is 12.8 Å². The van der Waals surface area contributed by atoms with Crippen LogP contribution in [0.1, 0.15) is 40.5 Å². The monoisotopic (exact) mass is 512 g/mol. The first-order chi connectivity index (χ1) is 14.6. The standard InChI is InChI=1S/C17H22F10O6/c1-5-9(3)11(28)30-7-13(18,19)15(22,23)16(24,25)33-17(26,27)32-14(20,21)8-31-12(29)10(4)6-2/h9-10H,5-8H2,1-4H3. The van der Waals surface area contributed by atoms with Gasteiger partial charge in [-0.2, -0.15) is 35.1 Å². The van der Waals surface area contributed by atoms with Crippen LogP contribution in [0.3, 0.4) is 0 Å². The highest BCUT2D eigenvalue weighted by atomic mass is 19.4. The molecule has 2 unspecified atom stereocenters. The smallest absolute Gasteiger partial charge is 0.459 e. The zero-order valence-electron chi connectivity index (χ0n) is 17.7. The van der Waals surface area contributed by atoms with E-state index in [1.165, 1.54) is 20.8 Å². The number of ether oxygens (including phenoxy) is 4. The van der Waals surface area contributed by atoms with Crippen LogP contribution in [0.2, 0.25) is 0 Å². The molecule has 0 bridgehead atoms. The van der Waals surface area contributed by atoms with Crippen LogP contribution in [0, 0.1) is 11.8 Å². The molecule has 0 heterocycles. The van der Waals surface area contributed by atoms with Crippen LogP contribution >= 0.6 is 0 Å². The third kappa shape index (κ3) is 8.79. The van der Waals surface area contributed by atoms with Gasteiger partial charge in [0, 0.05) is 0 Å². The summed E-state index contributed by atoms with van der Waals surface area (Å²) in [4.78, 5) is 22.5.